The van der Waals surface area contributed by atoms with Gasteiger partial charge in [0.2, 0.25) is 11.3 Å². The summed E-state index contributed by atoms with van der Waals surface area (Å²) in [4.78, 5) is 0. The van der Waals surface area contributed by atoms with Gasteiger partial charge in [0.05, 0.1) is 18.8 Å². The van der Waals surface area contributed by atoms with Gasteiger partial charge in [-0.05, 0) is 12.8 Å². The zero-order valence-corrected chi connectivity index (χ0v) is 8.59. The first-order chi connectivity index (χ1) is 6.33. The Kier molecular flexibility index (Phi) is 2.98. The minimum absolute atomic E-state index is 0.202. The van der Waals surface area contributed by atoms with Crippen LogP contribution in [0, 0.1) is 0 Å². The second-order valence-electron chi connectivity index (χ2n) is 3.35. The molecule has 0 aromatic heterocycles. The van der Waals surface area contributed by atoms with Gasteiger partial charge in [0.1, 0.15) is 0 Å². The summed E-state index contributed by atoms with van der Waals surface area (Å²) in [6.45, 7) is 4.14. The summed E-state index contributed by atoms with van der Waals surface area (Å²) in [5, 5.41) is 0. The molecule has 0 saturated carbocycles. The molecule has 2 fully saturated rings. The van der Waals surface area contributed by atoms with Crippen LogP contribution in [0.3, 0.4) is 0 Å². The van der Waals surface area contributed by atoms with E-state index in [4.69, 9.17) is 8.92 Å². The second-order valence-corrected chi connectivity index (χ2v) is 4.49. The Bertz CT molecular complexity index is 206. The van der Waals surface area contributed by atoms with E-state index in [2.05, 4.69) is 0 Å². The van der Waals surface area contributed by atoms with Crippen molar-refractivity contribution in [2.45, 2.75) is 31.9 Å². The number of nitrogens with zero attached hydrogens (tertiary/aromatic N) is 1. The highest BCUT2D eigenvalue weighted by Crippen LogP contribution is 2.25. The van der Waals surface area contributed by atoms with Gasteiger partial charge in [-0.2, -0.15) is 4.31 Å². The zero-order chi connectivity index (χ0) is 9.26. The first-order valence-electron chi connectivity index (χ1n) is 4.76. The van der Waals surface area contributed by atoms with Gasteiger partial charge in [0.25, 0.3) is 0 Å². The number of rotatable bonds is 2. The van der Waals surface area contributed by atoms with Crippen LogP contribution in [-0.4, -0.2) is 40.4 Å². The summed E-state index contributed by atoms with van der Waals surface area (Å²) in [6.07, 6.45) is 2.42. The lowest BCUT2D eigenvalue weighted by Crippen LogP contribution is -2.40. The highest BCUT2D eigenvalue weighted by molar-refractivity contribution is 7.78. The van der Waals surface area contributed by atoms with Gasteiger partial charge < -0.3 is 4.74 Å². The number of ether oxygens (including phenoxy) is 1. The summed E-state index contributed by atoms with van der Waals surface area (Å²) in [7, 11) is 0. The van der Waals surface area contributed by atoms with Gasteiger partial charge in [0, 0.05) is 13.2 Å². The van der Waals surface area contributed by atoms with Gasteiger partial charge >= 0.3 is 0 Å². The van der Waals surface area contributed by atoms with E-state index in [-0.39, 0.29) is 12.1 Å². The van der Waals surface area contributed by atoms with Crippen molar-refractivity contribution in [2.75, 3.05) is 19.8 Å². The third kappa shape index (κ3) is 1.79. The predicted molar refractivity (Wildman–Crippen MR) is 49.2 cm³/mol. The van der Waals surface area contributed by atoms with Crippen LogP contribution in [0.2, 0.25) is 0 Å². The Balaban J connectivity index is 2.01. The maximum atomic E-state index is 11.3. The first kappa shape index (κ1) is 9.58. The Morgan fingerprint density at radius 1 is 1.62 bits per heavy atom. The molecule has 2 rings (SSSR count). The summed E-state index contributed by atoms with van der Waals surface area (Å²) >= 11 is -1.23. The molecule has 0 aromatic rings. The van der Waals surface area contributed by atoms with Crippen molar-refractivity contribution < 1.29 is 13.1 Å². The fourth-order valence-corrected chi connectivity index (χ4v) is 2.95. The number of likely N-dealkylation sites (N-methyl/N-ethyl adjacent to an activating group) is 1. The maximum Gasteiger partial charge on any atom is 0.237 e. The molecule has 5 heteroatoms. The molecule has 0 bridgehead atoms. The molecule has 2 saturated heterocycles. The van der Waals surface area contributed by atoms with Gasteiger partial charge in [-0.15, -0.1) is 0 Å². The van der Waals surface area contributed by atoms with Crippen molar-refractivity contribution in [1.29, 1.82) is 0 Å². The molecule has 0 N–H and O–H groups in total. The third-order valence-corrected chi connectivity index (χ3v) is 3.86. The summed E-state index contributed by atoms with van der Waals surface area (Å²) < 4.78 is 23.9. The lowest BCUT2D eigenvalue weighted by Gasteiger charge is -2.23. The third-order valence-electron chi connectivity index (χ3n) is 2.61. The van der Waals surface area contributed by atoms with E-state index in [1.807, 2.05) is 11.2 Å². The minimum Gasteiger partial charge on any atom is -0.376 e. The molecule has 13 heavy (non-hydrogen) atoms. The molecule has 2 unspecified atom stereocenters. The SMILES string of the molecule is CCN1[C@@H](C2CCCO2)COS1=O. The largest absolute Gasteiger partial charge is 0.376 e. The Morgan fingerprint density at radius 2 is 2.46 bits per heavy atom. The molecule has 2 heterocycles. The average Bonchev–Trinajstić information content (AvgIpc) is 2.71. The van der Waals surface area contributed by atoms with Crippen molar-refractivity contribution in [2.24, 2.45) is 0 Å². The van der Waals surface area contributed by atoms with Gasteiger partial charge in [-0.25, -0.2) is 4.21 Å². The Hall–Kier alpha value is 0.0300. The maximum absolute atomic E-state index is 11.3. The molecule has 2 aliphatic heterocycles. The molecule has 0 spiro atoms. The van der Waals surface area contributed by atoms with Crippen molar-refractivity contribution in [3.05, 3.63) is 0 Å². The van der Waals surface area contributed by atoms with Crippen LogP contribution >= 0.6 is 0 Å². The lowest BCUT2D eigenvalue weighted by atomic mass is 10.1. The van der Waals surface area contributed by atoms with Crippen LogP contribution in [0.25, 0.3) is 0 Å². The van der Waals surface area contributed by atoms with Crippen LogP contribution in [0.1, 0.15) is 19.8 Å². The van der Waals surface area contributed by atoms with E-state index in [0.29, 0.717) is 6.61 Å². The Labute approximate surface area is 81.0 Å². The molecular weight excluding hydrogens is 190 g/mol. The molecule has 4 nitrogen and oxygen atoms in total. The normalized spacial score (nSPS) is 41.5. The molecule has 0 aromatic carbocycles. The number of hydrogen-bond acceptors (Lipinski definition) is 3. The van der Waals surface area contributed by atoms with Crippen molar-refractivity contribution >= 4 is 11.3 Å². The minimum atomic E-state index is -1.23. The second kappa shape index (κ2) is 4.04. The smallest absolute Gasteiger partial charge is 0.237 e. The highest BCUT2D eigenvalue weighted by atomic mass is 32.2. The van der Waals surface area contributed by atoms with E-state index in [1.165, 1.54) is 0 Å². The van der Waals surface area contributed by atoms with Crippen molar-refractivity contribution in [1.82, 2.24) is 4.31 Å². The average molecular weight is 205 g/mol. The fourth-order valence-electron chi connectivity index (χ4n) is 1.93. The zero-order valence-electron chi connectivity index (χ0n) is 7.77. The van der Waals surface area contributed by atoms with Crippen LogP contribution in [0.5, 0.6) is 0 Å². The standard InChI is InChI=1S/C8H15NO3S/c1-2-9-7(6-12-13(9)10)8-4-3-5-11-8/h7-8H,2-6H2,1H3/t7-,8?,13?/m1/s1. The highest BCUT2D eigenvalue weighted by Gasteiger charge is 2.38. The van der Waals surface area contributed by atoms with E-state index in [0.717, 1.165) is 26.0 Å². The topological polar surface area (TPSA) is 38.8 Å². The number of hydrogen-bond donors (Lipinski definition) is 0. The summed E-state index contributed by atoms with van der Waals surface area (Å²) in [5.41, 5.74) is 0. The van der Waals surface area contributed by atoms with Crippen molar-refractivity contribution in [3.63, 3.8) is 0 Å². The molecule has 0 amide bonds. The van der Waals surface area contributed by atoms with Crippen LogP contribution in [0.15, 0.2) is 0 Å². The predicted octanol–water partition coefficient (Wildman–Crippen LogP) is 0.465. The van der Waals surface area contributed by atoms with Crippen molar-refractivity contribution in [3.8, 4) is 0 Å². The molecule has 0 aliphatic carbocycles. The van der Waals surface area contributed by atoms with Gasteiger partial charge in [-0.1, -0.05) is 6.92 Å². The molecule has 0 radical (unpaired) electrons. The van der Waals surface area contributed by atoms with E-state index < -0.39 is 11.3 Å². The monoisotopic (exact) mass is 205 g/mol. The van der Waals surface area contributed by atoms with Crippen LogP contribution < -0.4 is 0 Å². The quantitative estimate of drug-likeness (QED) is 0.657. The Morgan fingerprint density at radius 3 is 3.08 bits per heavy atom. The summed E-state index contributed by atoms with van der Waals surface area (Å²) in [6, 6.07) is 0.202. The molecule has 2 aliphatic rings. The van der Waals surface area contributed by atoms with E-state index in [9.17, 15) is 4.21 Å². The van der Waals surface area contributed by atoms with Crippen LogP contribution in [0.4, 0.5) is 0 Å². The van der Waals surface area contributed by atoms with Gasteiger partial charge in [0.15, 0.2) is 0 Å². The van der Waals surface area contributed by atoms with E-state index >= 15 is 0 Å². The van der Waals surface area contributed by atoms with Gasteiger partial charge in [-0.3, -0.25) is 4.18 Å². The molecule has 3 atom stereocenters. The first-order valence-corrected chi connectivity index (χ1v) is 5.79. The molecular formula is C8H15NO3S. The molecule has 76 valence electrons. The fraction of sp³-hybridized carbons (Fsp3) is 1.00. The lowest BCUT2D eigenvalue weighted by molar-refractivity contribution is 0.0545. The summed E-state index contributed by atoms with van der Waals surface area (Å²) in [5.74, 6) is 0. The van der Waals surface area contributed by atoms with Crippen LogP contribution in [-0.2, 0) is 20.2 Å². The van der Waals surface area contributed by atoms with E-state index in [1.54, 1.807) is 0 Å².